The molecule has 0 spiro atoms. The molecule has 2 aromatic rings. The third kappa shape index (κ3) is 3.12. The van der Waals surface area contributed by atoms with Gasteiger partial charge in [-0.1, -0.05) is 23.9 Å². The molecule has 106 valence electrons. The molecule has 0 amide bonds. The quantitative estimate of drug-likeness (QED) is 0.670. The van der Waals surface area contributed by atoms with E-state index in [-0.39, 0.29) is 5.69 Å². The van der Waals surface area contributed by atoms with Crippen LogP contribution in [0.5, 0.6) is 5.75 Å². The van der Waals surface area contributed by atoms with Gasteiger partial charge in [0, 0.05) is 10.9 Å². The Morgan fingerprint density at radius 1 is 1.45 bits per heavy atom. The van der Waals surface area contributed by atoms with Gasteiger partial charge >= 0.3 is 0 Å². The largest absolute Gasteiger partial charge is 0.496 e. The number of hydrogen-bond acceptors (Lipinski definition) is 6. The normalized spacial score (nSPS) is 12.2. The number of methoxy groups -OCH3 is 1. The van der Waals surface area contributed by atoms with E-state index in [1.54, 1.807) is 20.1 Å². The van der Waals surface area contributed by atoms with Crippen molar-refractivity contribution in [3.8, 4) is 5.75 Å². The van der Waals surface area contributed by atoms with Crippen molar-refractivity contribution in [3.05, 3.63) is 45.3 Å². The predicted octanol–water partition coefficient (Wildman–Crippen LogP) is 3.87. The lowest BCUT2D eigenvalue weighted by molar-refractivity contribution is -0.387. The average molecular weight is 311 g/mol. The van der Waals surface area contributed by atoms with E-state index in [4.69, 9.17) is 4.74 Å². The van der Waals surface area contributed by atoms with Crippen LogP contribution in [0.4, 0.5) is 5.69 Å². The van der Waals surface area contributed by atoms with Crippen molar-refractivity contribution < 1.29 is 14.8 Å². The molecule has 1 heterocycles. The Balaban J connectivity index is 2.39. The van der Waals surface area contributed by atoms with Crippen LogP contribution in [-0.2, 0) is 0 Å². The number of hydrogen-bond donors (Lipinski definition) is 1. The van der Waals surface area contributed by atoms with Gasteiger partial charge in [0.05, 0.1) is 23.0 Å². The predicted molar refractivity (Wildman–Crippen MR) is 78.7 cm³/mol. The van der Waals surface area contributed by atoms with E-state index in [0.717, 1.165) is 4.90 Å². The molecule has 0 aliphatic heterocycles. The van der Waals surface area contributed by atoms with Crippen LogP contribution in [0.2, 0.25) is 0 Å². The maximum atomic E-state index is 11.1. The second kappa shape index (κ2) is 6.25. The van der Waals surface area contributed by atoms with Crippen molar-refractivity contribution in [2.75, 3.05) is 7.11 Å². The maximum absolute atomic E-state index is 11.1. The summed E-state index contributed by atoms with van der Waals surface area (Å²) in [5, 5.41) is 20.7. The Kier molecular flexibility index (Phi) is 4.64. The summed E-state index contributed by atoms with van der Waals surface area (Å²) in [6.45, 7) is 1.59. The van der Waals surface area contributed by atoms with Crippen LogP contribution in [0.25, 0.3) is 0 Å². The molecule has 0 unspecified atom stereocenters. The number of para-hydroxylation sites is 1. The first kappa shape index (κ1) is 14.8. The molecule has 1 aromatic heterocycles. The van der Waals surface area contributed by atoms with Gasteiger partial charge in [0.25, 0.3) is 5.69 Å². The number of nitro groups is 1. The lowest BCUT2D eigenvalue weighted by Gasteiger charge is -2.05. The standard InChI is InChI=1S/C13H13NO4S2/c1-8(15)12-7-9(14(16)17)13(20-12)19-11-6-4-3-5-10(11)18-2/h3-8,15H,1-2H3/t8-/m1/s1. The van der Waals surface area contributed by atoms with Crippen LogP contribution in [0, 0.1) is 10.1 Å². The average Bonchev–Trinajstić information content (AvgIpc) is 2.84. The van der Waals surface area contributed by atoms with Crippen LogP contribution in [0.1, 0.15) is 17.9 Å². The molecule has 0 saturated heterocycles. The van der Waals surface area contributed by atoms with Gasteiger partial charge < -0.3 is 9.84 Å². The maximum Gasteiger partial charge on any atom is 0.294 e. The molecule has 2 rings (SSSR count). The van der Waals surface area contributed by atoms with Crippen molar-refractivity contribution in [1.29, 1.82) is 0 Å². The second-order valence-electron chi connectivity index (χ2n) is 4.01. The number of aliphatic hydroxyl groups is 1. The summed E-state index contributed by atoms with van der Waals surface area (Å²) in [5.41, 5.74) is 0.0156. The van der Waals surface area contributed by atoms with Crippen molar-refractivity contribution >= 4 is 28.8 Å². The molecule has 0 aliphatic rings. The first-order valence-corrected chi connectivity index (χ1v) is 7.43. The first-order valence-electron chi connectivity index (χ1n) is 5.80. The van der Waals surface area contributed by atoms with Gasteiger partial charge in [0.1, 0.15) is 9.96 Å². The Labute approximate surface area is 124 Å². The summed E-state index contributed by atoms with van der Waals surface area (Å²) >= 11 is 2.50. The fourth-order valence-electron chi connectivity index (χ4n) is 1.59. The van der Waals surface area contributed by atoms with Crippen LogP contribution >= 0.6 is 23.1 Å². The number of rotatable bonds is 5. The second-order valence-corrected chi connectivity index (χ2v) is 6.40. The summed E-state index contributed by atoms with van der Waals surface area (Å²) in [6, 6.07) is 8.76. The highest BCUT2D eigenvalue weighted by molar-refractivity contribution is 8.01. The molecule has 0 aliphatic carbocycles. The van der Waals surface area contributed by atoms with E-state index in [0.29, 0.717) is 14.8 Å². The van der Waals surface area contributed by atoms with Gasteiger partial charge in [-0.2, -0.15) is 0 Å². The van der Waals surface area contributed by atoms with Crippen molar-refractivity contribution in [2.24, 2.45) is 0 Å². The van der Waals surface area contributed by atoms with Crippen molar-refractivity contribution in [2.45, 2.75) is 22.1 Å². The van der Waals surface area contributed by atoms with E-state index in [1.165, 1.54) is 29.2 Å². The Bertz CT molecular complexity index is 625. The lowest BCUT2D eigenvalue weighted by atomic mass is 10.3. The molecular formula is C13H13NO4S2. The fourth-order valence-corrected chi connectivity index (χ4v) is 3.95. The van der Waals surface area contributed by atoms with Crippen LogP contribution in [-0.4, -0.2) is 17.1 Å². The highest BCUT2D eigenvalue weighted by atomic mass is 32.2. The van der Waals surface area contributed by atoms with E-state index in [1.807, 2.05) is 18.2 Å². The van der Waals surface area contributed by atoms with Gasteiger partial charge in [-0.3, -0.25) is 10.1 Å². The monoisotopic (exact) mass is 311 g/mol. The number of benzene rings is 1. The van der Waals surface area contributed by atoms with E-state index >= 15 is 0 Å². The number of ether oxygens (including phenoxy) is 1. The van der Waals surface area contributed by atoms with Gasteiger partial charge in [0.2, 0.25) is 0 Å². The highest BCUT2D eigenvalue weighted by Gasteiger charge is 2.22. The molecule has 1 atom stereocenters. The summed E-state index contributed by atoms with van der Waals surface area (Å²) in [5.74, 6) is 0.666. The highest BCUT2D eigenvalue weighted by Crippen LogP contribution is 2.45. The third-order valence-corrected chi connectivity index (χ3v) is 5.12. The van der Waals surface area contributed by atoms with Gasteiger partial charge in [-0.15, -0.1) is 11.3 Å². The molecule has 5 nitrogen and oxygen atoms in total. The first-order chi connectivity index (χ1) is 9.52. The van der Waals surface area contributed by atoms with E-state index in [9.17, 15) is 15.2 Å². The molecule has 0 bridgehead atoms. The molecule has 0 fully saturated rings. The van der Waals surface area contributed by atoms with Crippen molar-refractivity contribution in [1.82, 2.24) is 0 Å². The summed E-state index contributed by atoms with van der Waals surface area (Å²) in [4.78, 5) is 12.0. The number of aliphatic hydroxyl groups excluding tert-OH is 1. The minimum Gasteiger partial charge on any atom is -0.496 e. The topological polar surface area (TPSA) is 72.6 Å². The zero-order valence-corrected chi connectivity index (χ0v) is 12.5. The SMILES string of the molecule is COc1ccccc1Sc1sc([C@@H](C)O)cc1[N+](=O)[O-]. The Morgan fingerprint density at radius 3 is 2.75 bits per heavy atom. The zero-order chi connectivity index (χ0) is 14.7. The fraction of sp³-hybridized carbons (Fsp3) is 0.231. The minimum absolute atomic E-state index is 0.0156. The van der Waals surface area contributed by atoms with Gasteiger partial charge in [0.15, 0.2) is 0 Å². The van der Waals surface area contributed by atoms with E-state index < -0.39 is 11.0 Å². The van der Waals surface area contributed by atoms with E-state index in [2.05, 4.69) is 0 Å². The molecule has 0 saturated carbocycles. The van der Waals surface area contributed by atoms with Crippen molar-refractivity contribution in [3.63, 3.8) is 0 Å². The Morgan fingerprint density at radius 2 is 2.15 bits per heavy atom. The molecule has 20 heavy (non-hydrogen) atoms. The summed E-state index contributed by atoms with van der Waals surface area (Å²) in [7, 11) is 1.56. The van der Waals surface area contributed by atoms with Gasteiger partial charge in [-0.25, -0.2) is 0 Å². The van der Waals surface area contributed by atoms with Crippen LogP contribution in [0.15, 0.2) is 39.4 Å². The summed E-state index contributed by atoms with van der Waals surface area (Å²) < 4.78 is 5.77. The van der Waals surface area contributed by atoms with Crippen LogP contribution < -0.4 is 4.74 Å². The molecule has 1 N–H and O–H groups in total. The lowest BCUT2D eigenvalue weighted by Crippen LogP contribution is -1.88. The number of nitrogens with zero attached hydrogens (tertiary/aromatic N) is 1. The molecular weight excluding hydrogens is 298 g/mol. The van der Waals surface area contributed by atoms with Crippen LogP contribution in [0.3, 0.4) is 0 Å². The Hall–Kier alpha value is -1.57. The third-order valence-electron chi connectivity index (χ3n) is 2.58. The molecule has 1 aromatic carbocycles. The minimum atomic E-state index is -0.717. The number of thiophene rings is 1. The molecule has 0 radical (unpaired) electrons. The molecule has 7 heteroatoms. The van der Waals surface area contributed by atoms with Gasteiger partial charge in [-0.05, 0) is 19.1 Å². The smallest absolute Gasteiger partial charge is 0.294 e. The zero-order valence-electron chi connectivity index (χ0n) is 10.9. The summed E-state index contributed by atoms with van der Waals surface area (Å²) in [6.07, 6.45) is -0.717.